The van der Waals surface area contributed by atoms with Crippen molar-refractivity contribution in [3.63, 3.8) is 0 Å². The molecule has 0 aromatic heterocycles. The van der Waals surface area contributed by atoms with Crippen molar-refractivity contribution in [2.45, 2.75) is 0 Å². The maximum Gasteiger partial charge on any atom is 0.167 e. The number of hydrogen-bond acceptors (Lipinski definition) is 1. The number of hydrogen-bond donors (Lipinski definition) is 0. The second-order valence-corrected chi connectivity index (χ2v) is 5.50. The van der Waals surface area contributed by atoms with Gasteiger partial charge in [-0.3, -0.25) is 4.79 Å². The summed E-state index contributed by atoms with van der Waals surface area (Å²) in [5.41, 5.74) is 0.841. The lowest BCUT2D eigenvalue weighted by atomic mass is 10.2. The molecule has 2 heteroatoms. The van der Waals surface area contributed by atoms with Crippen molar-refractivity contribution < 1.29 is 4.79 Å². The second kappa shape index (κ2) is 4.37. The van der Waals surface area contributed by atoms with Crippen LogP contribution in [0.15, 0.2) is 30.3 Å². The number of ketones is 1. The summed E-state index contributed by atoms with van der Waals surface area (Å²) in [7, 11) is -0.113. The first kappa shape index (κ1) is 9.41. The molecule has 1 aromatic rings. The molecule has 0 radical (unpaired) electrons. The Hall–Kier alpha value is -0.680. The molecule has 0 aliphatic rings. The Morgan fingerprint density at radius 3 is 2.33 bits per heavy atom. The molecule has 0 aliphatic carbocycles. The van der Waals surface area contributed by atoms with E-state index in [0.29, 0.717) is 6.16 Å². The normalized spacial score (nSPS) is 10.2. The quantitative estimate of drug-likeness (QED) is 0.516. The van der Waals surface area contributed by atoms with Gasteiger partial charge in [0, 0.05) is 11.7 Å². The van der Waals surface area contributed by atoms with Crippen LogP contribution in [0.5, 0.6) is 0 Å². The average Bonchev–Trinajstić information content (AvgIpc) is 2.05. The summed E-state index contributed by atoms with van der Waals surface area (Å²) >= 11 is 0. The minimum atomic E-state index is -0.113. The molecule has 0 bridgehead atoms. The van der Waals surface area contributed by atoms with Gasteiger partial charge in [0.15, 0.2) is 5.78 Å². The Morgan fingerprint density at radius 2 is 1.83 bits per heavy atom. The van der Waals surface area contributed by atoms with E-state index >= 15 is 0 Å². The van der Waals surface area contributed by atoms with E-state index in [2.05, 4.69) is 13.3 Å². The van der Waals surface area contributed by atoms with Crippen molar-refractivity contribution >= 4 is 13.7 Å². The van der Waals surface area contributed by atoms with E-state index in [1.165, 1.54) is 0 Å². The summed E-state index contributed by atoms with van der Waals surface area (Å²) < 4.78 is 0. The molecule has 1 rings (SSSR count). The zero-order valence-electron chi connectivity index (χ0n) is 7.45. The molecular formula is C10H13OP. The van der Waals surface area contributed by atoms with Gasteiger partial charge in [-0.2, -0.15) is 0 Å². The second-order valence-electron chi connectivity index (χ2n) is 3.03. The monoisotopic (exact) mass is 180 g/mol. The minimum Gasteiger partial charge on any atom is -0.294 e. The van der Waals surface area contributed by atoms with Crippen LogP contribution in [-0.2, 0) is 0 Å². The molecule has 0 N–H and O–H groups in total. The maximum absolute atomic E-state index is 11.5. The lowest BCUT2D eigenvalue weighted by molar-refractivity contribution is 0.102. The number of carbonyl (C=O) groups is 1. The Balaban J connectivity index is 2.66. The number of Topliss-reactive ketones (excluding diaryl/α,β-unsaturated/α-hetero) is 1. The Labute approximate surface area is 74.6 Å². The predicted molar refractivity (Wildman–Crippen MR) is 54.4 cm³/mol. The molecule has 0 amide bonds. The third kappa shape index (κ3) is 2.75. The highest BCUT2D eigenvalue weighted by atomic mass is 31.1. The topological polar surface area (TPSA) is 17.1 Å². The highest BCUT2D eigenvalue weighted by Crippen LogP contribution is 2.25. The van der Waals surface area contributed by atoms with Gasteiger partial charge in [0.05, 0.1) is 0 Å². The van der Waals surface area contributed by atoms with Crippen molar-refractivity contribution in [2.75, 3.05) is 19.5 Å². The summed E-state index contributed by atoms with van der Waals surface area (Å²) in [4.78, 5) is 11.5. The third-order valence-corrected chi connectivity index (χ3v) is 2.48. The van der Waals surface area contributed by atoms with E-state index in [1.807, 2.05) is 30.3 Å². The van der Waals surface area contributed by atoms with Gasteiger partial charge in [-0.15, -0.1) is 7.92 Å². The van der Waals surface area contributed by atoms with Crippen LogP contribution in [0.1, 0.15) is 10.4 Å². The fourth-order valence-corrected chi connectivity index (χ4v) is 1.76. The fraction of sp³-hybridized carbons (Fsp3) is 0.300. The molecule has 12 heavy (non-hydrogen) atoms. The highest BCUT2D eigenvalue weighted by Gasteiger charge is 2.05. The van der Waals surface area contributed by atoms with Gasteiger partial charge < -0.3 is 0 Å². The smallest absolute Gasteiger partial charge is 0.167 e. The van der Waals surface area contributed by atoms with Gasteiger partial charge in [0.1, 0.15) is 0 Å². The first-order valence-corrected chi connectivity index (χ1v) is 6.35. The molecule has 0 aliphatic heterocycles. The third-order valence-electron chi connectivity index (χ3n) is 1.56. The van der Waals surface area contributed by atoms with Gasteiger partial charge in [0.2, 0.25) is 0 Å². The fourth-order valence-electron chi connectivity index (χ4n) is 1.00. The van der Waals surface area contributed by atoms with Crippen LogP contribution in [0.25, 0.3) is 0 Å². The van der Waals surface area contributed by atoms with Crippen LogP contribution in [-0.4, -0.2) is 25.3 Å². The van der Waals surface area contributed by atoms with E-state index in [-0.39, 0.29) is 13.7 Å². The SMILES string of the molecule is CP(C)CC(=O)c1ccccc1. The molecule has 0 saturated heterocycles. The Morgan fingerprint density at radius 1 is 1.25 bits per heavy atom. The van der Waals surface area contributed by atoms with E-state index < -0.39 is 0 Å². The van der Waals surface area contributed by atoms with Crippen molar-refractivity contribution in [1.82, 2.24) is 0 Å². The van der Waals surface area contributed by atoms with Crippen molar-refractivity contribution in [3.8, 4) is 0 Å². The van der Waals surface area contributed by atoms with Gasteiger partial charge in [0.25, 0.3) is 0 Å². The highest BCUT2D eigenvalue weighted by molar-refractivity contribution is 7.57. The molecule has 0 fully saturated rings. The molecule has 0 unspecified atom stereocenters. The largest absolute Gasteiger partial charge is 0.294 e. The lowest BCUT2D eigenvalue weighted by Crippen LogP contribution is -2.02. The Kier molecular flexibility index (Phi) is 3.43. The maximum atomic E-state index is 11.5. The number of rotatable bonds is 3. The molecule has 0 saturated carbocycles. The molecule has 0 heterocycles. The average molecular weight is 180 g/mol. The molecule has 1 aromatic carbocycles. The first-order chi connectivity index (χ1) is 5.70. The zero-order valence-corrected chi connectivity index (χ0v) is 8.34. The van der Waals surface area contributed by atoms with Crippen LogP contribution >= 0.6 is 7.92 Å². The molecule has 64 valence electrons. The van der Waals surface area contributed by atoms with Gasteiger partial charge in [-0.1, -0.05) is 30.3 Å². The standard InChI is InChI=1S/C10H13OP/c1-12(2)8-10(11)9-6-4-3-5-7-9/h3-7H,8H2,1-2H3. The molecular weight excluding hydrogens is 167 g/mol. The number of carbonyl (C=O) groups excluding carboxylic acids is 1. The van der Waals surface area contributed by atoms with Gasteiger partial charge in [-0.25, -0.2) is 0 Å². The van der Waals surface area contributed by atoms with E-state index in [0.717, 1.165) is 5.56 Å². The Bertz CT molecular complexity index is 254. The lowest BCUT2D eigenvalue weighted by Gasteiger charge is -2.03. The van der Waals surface area contributed by atoms with Crippen LogP contribution in [0.2, 0.25) is 0 Å². The zero-order chi connectivity index (χ0) is 8.97. The first-order valence-electron chi connectivity index (χ1n) is 3.93. The molecule has 0 spiro atoms. The summed E-state index contributed by atoms with van der Waals surface area (Å²) in [6.07, 6.45) is 0.708. The minimum absolute atomic E-state index is 0.113. The van der Waals surface area contributed by atoms with Crippen molar-refractivity contribution in [2.24, 2.45) is 0 Å². The van der Waals surface area contributed by atoms with E-state index in [4.69, 9.17) is 0 Å². The van der Waals surface area contributed by atoms with Crippen LogP contribution < -0.4 is 0 Å². The number of benzene rings is 1. The summed E-state index contributed by atoms with van der Waals surface area (Å²) in [6, 6.07) is 9.49. The van der Waals surface area contributed by atoms with E-state index in [9.17, 15) is 4.79 Å². The van der Waals surface area contributed by atoms with Crippen molar-refractivity contribution in [3.05, 3.63) is 35.9 Å². The van der Waals surface area contributed by atoms with Crippen LogP contribution in [0, 0.1) is 0 Å². The van der Waals surface area contributed by atoms with Crippen LogP contribution in [0.3, 0.4) is 0 Å². The van der Waals surface area contributed by atoms with E-state index in [1.54, 1.807) is 0 Å². The summed E-state index contributed by atoms with van der Waals surface area (Å²) in [5.74, 6) is 0.270. The van der Waals surface area contributed by atoms with Crippen molar-refractivity contribution in [1.29, 1.82) is 0 Å². The molecule has 0 atom stereocenters. The summed E-state index contributed by atoms with van der Waals surface area (Å²) in [5, 5.41) is 0. The molecule has 1 nitrogen and oxygen atoms in total. The van der Waals surface area contributed by atoms with Gasteiger partial charge in [-0.05, 0) is 13.3 Å². The summed E-state index contributed by atoms with van der Waals surface area (Å²) in [6.45, 7) is 4.24. The van der Waals surface area contributed by atoms with Crippen LogP contribution in [0.4, 0.5) is 0 Å². The predicted octanol–water partition coefficient (Wildman–Crippen LogP) is 2.61. The van der Waals surface area contributed by atoms with Gasteiger partial charge >= 0.3 is 0 Å².